The van der Waals surface area contributed by atoms with Gasteiger partial charge in [0, 0.05) is 16.4 Å². The van der Waals surface area contributed by atoms with Crippen molar-refractivity contribution in [3.05, 3.63) is 40.1 Å². The predicted molar refractivity (Wildman–Crippen MR) is 65.4 cm³/mol. The Labute approximate surface area is 110 Å². The summed E-state index contributed by atoms with van der Waals surface area (Å²) in [5, 5.41) is 3.71. The maximum absolute atomic E-state index is 12.5. The summed E-state index contributed by atoms with van der Waals surface area (Å²) in [7, 11) is 0. The summed E-state index contributed by atoms with van der Waals surface area (Å²) in [6, 6.07) is 3.31. The van der Waals surface area contributed by atoms with Gasteiger partial charge in [0.25, 0.3) is 0 Å². The average molecular weight is 320 g/mol. The van der Waals surface area contributed by atoms with Gasteiger partial charge in [0.15, 0.2) is 0 Å². The van der Waals surface area contributed by atoms with Crippen molar-refractivity contribution in [3.63, 3.8) is 0 Å². The van der Waals surface area contributed by atoms with E-state index >= 15 is 0 Å². The highest BCUT2D eigenvalue weighted by atomic mass is 79.9. The largest absolute Gasteiger partial charge is 0.419 e. The summed E-state index contributed by atoms with van der Waals surface area (Å²) in [4.78, 5) is 0. The molecule has 0 saturated carbocycles. The first-order chi connectivity index (χ1) is 8.29. The monoisotopic (exact) mass is 319 g/mol. The Bertz CT molecular complexity index is 590. The number of aryl methyl sites for hydroxylation is 1. The zero-order valence-corrected chi connectivity index (χ0v) is 10.9. The molecule has 0 aliphatic carbocycles. The van der Waals surface area contributed by atoms with Crippen LogP contribution in [0.25, 0.3) is 5.69 Å². The highest BCUT2D eigenvalue weighted by Gasteiger charge is 2.32. The molecule has 0 aliphatic rings. The van der Waals surface area contributed by atoms with Crippen LogP contribution in [-0.2, 0) is 6.18 Å². The molecule has 96 valence electrons. The minimum atomic E-state index is -4.40. The molecule has 0 fully saturated rings. The van der Waals surface area contributed by atoms with Crippen LogP contribution in [0.15, 0.2) is 29.0 Å². The Morgan fingerprint density at radius 2 is 2.00 bits per heavy atom. The average Bonchev–Trinajstić information content (AvgIpc) is 2.72. The SMILES string of the molecule is Cc1cc(-n2cc(C(F)(F)F)cn2)c(Br)cc1N. The van der Waals surface area contributed by atoms with E-state index < -0.39 is 11.7 Å². The van der Waals surface area contributed by atoms with E-state index in [0.29, 0.717) is 15.8 Å². The number of anilines is 1. The molecule has 0 aliphatic heterocycles. The first-order valence-electron chi connectivity index (χ1n) is 4.97. The molecular weight excluding hydrogens is 311 g/mol. The lowest BCUT2D eigenvalue weighted by Gasteiger charge is -2.08. The van der Waals surface area contributed by atoms with E-state index in [1.165, 1.54) is 4.68 Å². The lowest BCUT2D eigenvalue weighted by atomic mass is 10.2. The molecular formula is C11H9BrF3N3. The second-order valence-electron chi connectivity index (χ2n) is 3.83. The van der Waals surface area contributed by atoms with E-state index in [-0.39, 0.29) is 0 Å². The molecule has 1 heterocycles. The van der Waals surface area contributed by atoms with Crippen LogP contribution in [0.2, 0.25) is 0 Å². The van der Waals surface area contributed by atoms with E-state index in [0.717, 1.165) is 18.0 Å². The number of halogens is 4. The Morgan fingerprint density at radius 3 is 2.56 bits per heavy atom. The van der Waals surface area contributed by atoms with Crippen LogP contribution in [0.5, 0.6) is 0 Å². The molecule has 18 heavy (non-hydrogen) atoms. The molecule has 7 heteroatoms. The van der Waals surface area contributed by atoms with E-state index in [1.54, 1.807) is 19.1 Å². The number of hydrogen-bond donors (Lipinski definition) is 1. The van der Waals surface area contributed by atoms with Gasteiger partial charge in [0.05, 0.1) is 17.4 Å². The molecule has 1 aromatic heterocycles. The lowest BCUT2D eigenvalue weighted by Crippen LogP contribution is -2.03. The lowest BCUT2D eigenvalue weighted by molar-refractivity contribution is -0.137. The molecule has 1 aromatic carbocycles. The quantitative estimate of drug-likeness (QED) is 0.817. The fourth-order valence-corrected chi connectivity index (χ4v) is 2.00. The van der Waals surface area contributed by atoms with E-state index in [1.807, 2.05) is 0 Å². The van der Waals surface area contributed by atoms with Crippen molar-refractivity contribution in [2.24, 2.45) is 0 Å². The van der Waals surface area contributed by atoms with E-state index in [2.05, 4.69) is 21.0 Å². The Kier molecular flexibility index (Phi) is 3.10. The van der Waals surface area contributed by atoms with E-state index in [9.17, 15) is 13.2 Å². The molecule has 0 radical (unpaired) electrons. The van der Waals surface area contributed by atoms with Gasteiger partial charge in [-0.15, -0.1) is 0 Å². The number of rotatable bonds is 1. The number of nitrogens with zero attached hydrogens (tertiary/aromatic N) is 2. The van der Waals surface area contributed by atoms with Crippen LogP contribution in [0.1, 0.15) is 11.1 Å². The molecule has 0 spiro atoms. The topological polar surface area (TPSA) is 43.8 Å². The zero-order chi connectivity index (χ0) is 13.5. The number of hydrogen-bond acceptors (Lipinski definition) is 2. The van der Waals surface area contributed by atoms with Crippen LogP contribution in [0.4, 0.5) is 18.9 Å². The number of aromatic nitrogens is 2. The fourth-order valence-electron chi connectivity index (χ4n) is 1.46. The van der Waals surface area contributed by atoms with Crippen molar-refractivity contribution in [2.75, 3.05) is 5.73 Å². The Hall–Kier alpha value is -1.50. The first kappa shape index (κ1) is 12.9. The molecule has 2 N–H and O–H groups in total. The van der Waals surface area contributed by atoms with Crippen molar-refractivity contribution in [2.45, 2.75) is 13.1 Å². The first-order valence-corrected chi connectivity index (χ1v) is 5.76. The van der Waals surface area contributed by atoms with Crippen molar-refractivity contribution < 1.29 is 13.2 Å². The van der Waals surface area contributed by atoms with Gasteiger partial charge in [-0.1, -0.05) is 0 Å². The molecule has 0 unspecified atom stereocenters. The summed E-state index contributed by atoms with van der Waals surface area (Å²) in [5.74, 6) is 0. The summed E-state index contributed by atoms with van der Waals surface area (Å²) in [6.45, 7) is 1.78. The summed E-state index contributed by atoms with van der Waals surface area (Å²) >= 11 is 3.26. The minimum absolute atomic E-state index is 0.511. The highest BCUT2D eigenvalue weighted by Crippen LogP contribution is 2.31. The standard InChI is InChI=1S/C11H9BrF3N3/c1-6-2-10(8(12)3-9(6)16)18-5-7(4-17-18)11(13,14)15/h2-5H,16H2,1H3. The number of benzene rings is 1. The molecule has 3 nitrogen and oxygen atoms in total. The smallest absolute Gasteiger partial charge is 0.398 e. The minimum Gasteiger partial charge on any atom is -0.398 e. The van der Waals surface area contributed by atoms with Gasteiger partial charge >= 0.3 is 6.18 Å². The van der Waals surface area contributed by atoms with Crippen molar-refractivity contribution in [1.82, 2.24) is 9.78 Å². The van der Waals surface area contributed by atoms with Crippen molar-refractivity contribution in [3.8, 4) is 5.69 Å². The molecule has 0 atom stereocenters. The van der Waals surface area contributed by atoms with Gasteiger partial charge in [-0.05, 0) is 40.5 Å². The van der Waals surface area contributed by atoms with Gasteiger partial charge in [0.2, 0.25) is 0 Å². The summed E-state index contributed by atoms with van der Waals surface area (Å²) in [5.41, 5.74) is 6.76. The molecule has 0 bridgehead atoms. The van der Waals surface area contributed by atoms with E-state index in [4.69, 9.17) is 5.73 Å². The molecule has 0 saturated heterocycles. The van der Waals surface area contributed by atoms with Gasteiger partial charge in [-0.3, -0.25) is 0 Å². The zero-order valence-electron chi connectivity index (χ0n) is 9.29. The number of alkyl halides is 3. The Balaban J connectivity index is 2.50. The maximum atomic E-state index is 12.5. The van der Waals surface area contributed by atoms with Gasteiger partial charge < -0.3 is 5.73 Å². The fraction of sp³-hybridized carbons (Fsp3) is 0.182. The normalized spacial score (nSPS) is 11.8. The maximum Gasteiger partial charge on any atom is 0.419 e. The van der Waals surface area contributed by atoms with Crippen LogP contribution < -0.4 is 5.73 Å². The third-order valence-electron chi connectivity index (χ3n) is 2.49. The number of nitrogen functional groups attached to an aromatic ring is 1. The summed E-state index contributed by atoms with van der Waals surface area (Å²) in [6.07, 6.45) is -2.67. The Morgan fingerprint density at radius 1 is 1.33 bits per heavy atom. The molecule has 2 aromatic rings. The van der Waals surface area contributed by atoms with Crippen LogP contribution >= 0.6 is 15.9 Å². The van der Waals surface area contributed by atoms with Gasteiger partial charge in [-0.2, -0.15) is 18.3 Å². The van der Waals surface area contributed by atoms with Crippen molar-refractivity contribution in [1.29, 1.82) is 0 Å². The third-order valence-corrected chi connectivity index (χ3v) is 3.13. The summed E-state index contributed by atoms with van der Waals surface area (Å²) < 4.78 is 39.2. The van der Waals surface area contributed by atoms with Gasteiger partial charge in [-0.25, -0.2) is 4.68 Å². The van der Waals surface area contributed by atoms with Gasteiger partial charge in [0.1, 0.15) is 0 Å². The van der Waals surface area contributed by atoms with Crippen LogP contribution in [0.3, 0.4) is 0 Å². The second-order valence-corrected chi connectivity index (χ2v) is 4.69. The van der Waals surface area contributed by atoms with Crippen molar-refractivity contribution >= 4 is 21.6 Å². The predicted octanol–water partition coefficient (Wildman–Crippen LogP) is 3.54. The highest BCUT2D eigenvalue weighted by molar-refractivity contribution is 9.10. The molecule has 2 rings (SSSR count). The second kappa shape index (κ2) is 4.31. The van der Waals surface area contributed by atoms with Crippen LogP contribution in [0, 0.1) is 6.92 Å². The third kappa shape index (κ3) is 2.35. The molecule has 0 amide bonds. The van der Waals surface area contributed by atoms with Crippen LogP contribution in [-0.4, -0.2) is 9.78 Å². The number of nitrogens with two attached hydrogens (primary N) is 1.